The fraction of sp³-hybridized carbons (Fsp3) is 0.588. The highest BCUT2D eigenvalue weighted by molar-refractivity contribution is 5.80. The van der Waals surface area contributed by atoms with Crippen molar-refractivity contribution < 1.29 is 18.7 Å². The van der Waals surface area contributed by atoms with Gasteiger partial charge in [-0.3, -0.25) is 4.79 Å². The van der Waals surface area contributed by atoms with E-state index < -0.39 is 24.5 Å². The second kappa shape index (κ2) is 8.22. The van der Waals surface area contributed by atoms with Crippen LogP contribution in [0.4, 0.5) is 8.78 Å². The molecule has 1 fully saturated rings. The van der Waals surface area contributed by atoms with E-state index in [1.165, 1.54) is 24.6 Å². The lowest BCUT2D eigenvalue weighted by Gasteiger charge is -2.22. The van der Waals surface area contributed by atoms with E-state index in [0.29, 0.717) is 11.5 Å². The normalized spacial score (nSPS) is 17.2. The van der Waals surface area contributed by atoms with E-state index in [1.807, 2.05) is 0 Å². The number of rotatable bonds is 6. The van der Waals surface area contributed by atoms with Crippen LogP contribution in [0.3, 0.4) is 0 Å². The molecule has 5 heteroatoms. The number of benzene rings is 1. The third-order valence-electron chi connectivity index (χ3n) is 4.30. The molecule has 0 aromatic heterocycles. The Morgan fingerprint density at radius 3 is 2.73 bits per heavy atom. The Morgan fingerprint density at radius 2 is 2.05 bits per heavy atom. The number of carbonyl (C=O) groups is 1. The fourth-order valence-corrected chi connectivity index (χ4v) is 2.98. The van der Waals surface area contributed by atoms with Crippen LogP contribution in [0.15, 0.2) is 18.2 Å². The zero-order valence-corrected chi connectivity index (χ0v) is 12.7. The zero-order chi connectivity index (χ0) is 15.9. The summed E-state index contributed by atoms with van der Waals surface area (Å²) in [5, 5.41) is 11.5. The van der Waals surface area contributed by atoms with Crippen molar-refractivity contribution in [3.05, 3.63) is 35.1 Å². The maximum Gasteiger partial charge on any atom is 0.254 e. The number of carbonyl (C=O) groups excluding carboxylic acids is 1. The zero-order valence-electron chi connectivity index (χ0n) is 12.7. The molecule has 1 aromatic rings. The van der Waals surface area contributed by atoms with E-state index in [0.717, 1.165) is 25.7 Å². The van der Waals surface area contributed by atoms with Gasteiger partial charge in [0, 0.05) is 12.1 Å². The van der Waals surface area contributed by atoms with Gasteiger partial charge in [0.15, 0.2) is 6.17 Å². The number of hydrogen-bond donors (Lipinski definition) is 2. The molecule has 0 radical (unpaired) electrons. The Morgan fingerprint density at radius 1 is 1.32 bits per heavy atom. The Kier molecular flexibility index (Phi) is 6.31. The molecular weight excluding hydrogens is 288 g/mol. The molecule has 0 heterocycles. The summed E-state index contributed by atoms with van der Waals surface area (Å²) in [5.41, 5.74) is 0.814. The maximum absolute atomic E-state index is 14.0. The molecule has 122 valence electrons. The smallest absolute Gasteiger partial charge is 0.254 e. The fourth-order valence-electron chi connectivity index (χ4n) is 2.98. The Bertz CT molecular complexity index is 501. The number of halogens is 2. The average Bonchev–Trinajstić information content (AvgIpc) is 2.54. The van der Waals surface area contributed by atoms with Crippen LogP contribution in [0, 0.1) is 11.7 Å². The molecule has 0 spiro atoms. The summed E-state index contributed by atoms with van der Waals surface area (Å²) < 4.78 is 27.2. The van der Waals surface area contributed by atoms with Gasteiger partial charge >= 0.3 is 0 Å². The Balaban J connectivity index is 1.81. The van der Waals surface area contributed by atoms with Gasteiger partial charge < -0.3 is 10.4 Å². The molecule has 1 aliphatic rings. The number of nitrogens with one attached hydrogen (secondary N) is 1. The van der Waals surface area contributed by atoms with E-state index >= 15 is 0 Å². The SMILES string of the molecule is O=C(NCc1ccc(F)c(CO)c1)C(F)CC1CCCCC1. The monoisotopic (exact) mass is 311 g/mol. The molecule has 0 aliphatic heterocycles. The first-order valence-corrected chi connectivity index (χ1v) is 7.90. The quantitative estimate of drug-likeness (QED) is 0.847. The topological polar surface area (TPSA) is 49.3 Å². The van der Waals surface area contributed by atoms with Crippen LogP contribution in [0.1, 0.15) is 49.7 Å². The Hall–Kier alpha value is -1.49. The largest absolute Gasteiger partial charge is 0.392 e. The van der Waals surface area contributed by atoms with Gasteiger partial charge in [0.1, 0.15) is 5.82 Å². The lowest BCUT2D eigenvalue weighted by Crippen LogP contribution is -2.33. The molecule has 2 N–H and O–H groups in total. The highest BCUT2D eigenvalue weighted by atomic mass is 19.1. The van der Waals surface area contributed by atoms with Gasteiger partial charge in [-0.15, -0.1) is 0 Å². The molecule has 1 amide bonds. The minimum Gasteiger partial charge on any atom is -0.392 e. The summed E-state index contributed by atoms with van der Waals surface area (Å²) in [6.45, 7) is -0.266. The minimum absolute atomic E-state index is 0.136. The second-order valence-corrected chi connectivity index (χ2v) is 6.01. The van der Waals surface area contributed by atoms with Crippen molar-refractivity contribution in [2.75, 3.05) is 0 Å². The van der Waals surface area contributed by atoms with E-state index in [4.69, 9.17) is 5.11 Å². The van der Waals surface area contributed by atoms with Crippen molar-refractivity contribution in [1.29, 1.82) is 0 Å². The molecule has 1 unspecified atom stereocenters. The predicted molar refractivity (Wildman–Crippen MR) is 80.3 cm³/mol. The average molecular weight is 311 g/mol. The summed E-state index contributed by atoms with van der Waals surface area (Å²) in [5.74, 6) is -0.792. The van der Waals surface area contributed by atoms with Gasteiger partial charge in [0.25, 0.3) is 5.91 Å². The number of hydrogen-bond acceptors (Lipinski definition) is 2. The van der Waals surface area contributed by atoms with Gasteiger partial charge in [0.05, 0.1) is 6.61 Å². The van der Waals surface area contributed by atoms with Crippen LogP contribution >= 0.6 is 0 Å². The summed E-state index contributed by atoms with van der Waals surface area (Å²) in [7, 11) is 0. The van der Waals surface area contributed by atoms with Crippen molar-refractivity contribution in [1.82, 2.24) is 5.32 Å². The molecule has 22 heavy (non-hydrogen) atoms. The van der Waals surface area contributed by atoms with E-state index in [1.54, 1.807) is 0 Å². The summed E-state index contributed by atoms with van der Waals surface area (Å²) >= 11 is 0. The molecule has 0 saturated heterocycles. The van der Waals surface area contributed by atoms with Crippen LogP contribution < -0.4 is 5.32 Å². The maximum atomic E-state index is 14.0. The van der Waals surface area contributed by atoms with Crippen LogP contribution in [0.2, 0.25) is 0 Å². The molecule has 1 aromatic carbocycles. The van der Waals surface area contributed by atoms with E-state index in [2.05, 4.69) is 5.32 Å². The highest BCUT2D eigenvalue weighted by Crippen LogP contribution is 2.28. The molecular formula is C17H23F2NO2. The summed E-state index contributed by atoms with van der Waals surface area (Å²) in [4.78, 5) is 11.8. The van der Waals surface area contributed by atoms with Crippen molar-refractivity contribution in [2.45, 2.75) is 57.8 Å². The predicted octanol–water partition coefficient (Wildman–Crippen LogP) is 3.24. The molecule has 3 nitrogen and oxygen atoms in total. The highest BCUT2D eigenvalue weighted by Gasteiger charge is 2.23. The van der Waals surface area contributed by atoms with Crippen molar-refractivity contribution in [3.8, 4) is 0 Å². The first kappa shape index (κ1) is 16.9. The van der Waals surface area contributed by atoms with Crippen molar-refractivity contribution in [2.24, 2.45) is 5.92 Å². The van der Waals surface area contributed by atoms with Gasteiger partial charge in [-0.05, 0) is 30.0 Å². The number of alkyl halides is 1. The second-order valence-electron chi connectivity index (χ2n) is 6.01. The number of aliphatic hydroxyl groups excluding tert-OH is 1. The molecule has 0 bridgehead atoms. The standard InChI is InChI=1S/C17H23F2NO2/c18-15-7-6-13(8-14(15)11-21)10-20-17(22)16(19)9-12-4-2-1-3-5-12/h6-8,12,16,21H,1-5,9-11H2,(H,20,22). The molecule has 2 rings (SSSR count). The van der Waals surface area contributed by atoms with Crippen LogP contribution in [0.25, 0.3) is 0 Å². The van der Waals surface area contributed by atoms with E-state index in [-0.39, 0.29) is 18.5 Å². The lowest BCUT2D eigenvalue weighted by molar-refractivity contribution is -0.126. The van der Waals surface area contributed by atoms with Gasteiger partial charge in [0.2, 0.25) is 0 Å². The van der Waals surface area contributed by atoms with Crippen molar-refractivity contribution >= 4 is 5.91 Å². The van der Waals surface area contributed by atoms with Gasteiger partial charge in [-0.25, -0.2) is 8.78 Å². The van der Waals surface area contributed by atoms with E-state index in [9.17, 15) is 13.6 Å². The number of aliphatic hydroxyl groups is 1. The van der Waals surface area contributed by atoms with Gasteiger partial charge in [-0.1, -0.05) is 38.2 Å². The van der Waals surface area contributed by atoms with Gasteiger partial charge in [-0.2, -0.15) is 0 Å². The molecule has 1 saturated carbocycles. The first-order valence-electron chi connectivity index (χ1n) is 7.90. The molecule has 1 aliphatic carbocycles. The Labute approximate surface area is 129 Å². The van der Waals surface area contributed by atoms with Crippen molar-refractivity contribution in [3.63, 3.8) is 0 Å². The third kappa shape index (κ3) is 4.77. The van der Waals surface area contributed by atoms with Crippen LogP contribution in [-0.2, 0) is 17.9 Å². The first-order chi connectivity index (χ1) is 10.6. The van der Waals surface area contributed by atoms with Crippen LogP contribution in [-0.4, -0.2) is 17.2 Å². The lowest BCUT2D eigenvalue weighted by atomic mass is 9.85. The van der Waals surface area contributed by atoms with Crippen LogP contribution in [0.5, 0.6) is 0 Å². The number of amides is 1. The third-order valence-corrected chi connectivity index (χ3v) is 4.30. The minimum atomic E-state index is -1.49. The molecule has 1 atom stereocenters. The summed E-state index contributed by atoms with van der Waals surface area (Å²) in [6, 6.07) is 4.23. The summed E-state index contributed by atoms with van der Waals surface area (Å²) in [6.07, 6.45) is 4.27.